The van der Waals surface area contributed by atoms with Gasteiger partial charge in [0.1, 0.15) is 23.4 Å². The predicted octanol–water partition coefficient (Wildman–Crippen LogP) is 6.42. The number of amides is 1. The van der Waals surface area contributed by atoms with Crippen molar-refractivity contribution in [2.75, 3.05) is 13.1 Å². The molecule has 0 bridgehead atoms. The zero-order chi connectivity index (χ0) is 25.8. The molecule has 1 amide bonds. The van der Waals surface area contributed by atoms with Crippen molar-refractivity contribution in [3.05, 3.63) is 57.9 Å². The summed E-state index contributed by atoms with van der Waals surface area (Å²) in [7, 11) is 0. The molecule has 2 aromatic rings. The fraction of sp³-hybridized carbons (Fsp3) is 0.480. The van der Waals surface area contributed by atoms with Crippen molar-refractivity contribution in [3.8, 4) is 11.5 Å². The number of hydrogen-bond donors (Lipinski definition) is 1. The van der Waals surface area contributed by atoms with Gasteiger partial charge in [-0.3, -0.25) is 9.69 Å². The van der Waals surface area contributed by atoms with Crippen LogP contribution in [-0.4, -0.2) is 36.4 Å². The minimum atomic E-state index is -4.82. The molecule has 1 aliphatic carbocycles. The normalized spacial score (nSPS) is 16.9. The van der Waals surface area contributed by atoms with Gasteiger partial charge in [0.2, 0.25) is 0 Å². The Bertz CT molecular complexity index is 1040. The summed E-state index contributed by atoms with van der Waals surface area (Å²) in [6.07, 6.45) is -1.72. The number of nitrogens with zero attached hydrogens (tertiary/aromatic N) is 1. The van der Waals surface area contributed by atoms with E-state index >= 15 is 0 Å². The molecule has 0 radical (unpaired) electrons. The number of nitrogens with two attached hydrogens (primary N) is 1. The van der Waals surface area contributed by atoms with Crippen molar-refractivity contribution in [2.24, 2.45) is 5.73 Å². The van der Waals surface area contributed by atoms with Gasteiger partial charge < -0.3 is 15.2 Å². The highest BCUT2D eigenvalue weighted by Gasteiger charge is 2.32. The SMILES string of the molecule is CC.NC(=O)c1cc(C2CC2)c(CN2CCC(Oc3cc(Cl)cc(OC(F)(F)F)c3)CC2)cc1F. The van der Waals surface area contributed by atoms with Crippen molar-refractivity contribution in [3.63, 3.8) is 0 Å². The molecule has 1 saturated heterocycles. The summed E-state index contributed by atoms with van der Waals surface area (Å²) in [6, 6.07) is 6.67. The maximum atomic E-state index is 14.4. The monoisotopic (exact) mass is 516 g/mol. The van der Waals surface area contributed by atoms with E-state index in [0.29, 0.717) is 38.4 Å². The number of rotatable bonds is 7. The smallest absolute Gasteiger partial charge is 0.490 e. The second-order valence-corrected chi connectivity index (χ2v) is 8.87. The number of benzene rings is 2. The average molecular weight is 517 g/mol. The highest BCUT2D eigenvalue weighted by molar-refractivity contribution is 6.30. The summed E-state index contributed by atoms with van der Waals surface area (Å²) >= 11 is 5.90. The topological polar surface area (TPSA) is 64.8 Å². The van der Waals surface area contributed by atoms with Gasteiger partial charge in [-0.25, -0.2) is 4.39 Å². The first-order chi connectivity index (χ1) is 16.6. The van der Waals surface area contributed by atoms with Crippen LogP contribution < -0.4 is 15.2 Å². The van der Waals surface area contributed by atoms with Gasteiger partial charge in [0.05, 0.1) is 5.56 Å². The van der Waals surface area contributed by atoms with Crippen molar-refractivity contribution in [1.29, 1.82) is 0 Å². The molecule has 2 fully saturated rings. The van der Waals surface area contributed by atoms with Crippen LogP contribution in [0.4, 0.5) is 17.6 Å². The quantitative estimate of drug-likeness (QED) is 0.431. The Morgan fingerprint density at radius 2 is 1.69 bits per heavy atom. The van der Waals surface area contributed by atoms with Crippen LogP contribution in [-0.2, 0) is 6.54 Å². The van der Waals surface area contributed by atoms with Crippen LogP contribution in [0.15, 0.2) is 30.3 Å². The summed E-state index contributed by atoms with van der Waals surface area (Å²) < 4.78 is 61.6. The van der Waals surface area contributed by atoms with Crippen molar-refractivity contribution in [1.82, 2.24) is 4.90 Å². The van der Waals surface area contributed by atoms with Gasteiger partial charge in [-0.1, -0.05) is 25.4 Å². The second-order valence-electron chi connectivity index (χ2n) is 8.43. The average Bonchev–Trinajstić information content (AvgIpc) is 3.60. The molecule has 2 aromatic carbocycles. The van der Waals surface area contributed by atoms with Gasteiger partial charge in [0, 0.05) is 30.7 Å². The number of hydrogen-bond acceptors (Lipinski definition) is 4. The van der Waals surface area contributed by atoms with E-state index < -0.39 is 23.8 Å². The summed E-state index contributed by atoms with van der Waals surface area (Å²) in [6.45, 7) is 5.87. The number of primary amides is 1. The van der Waals surface area contributed by atoms with Crippen LogP contribution in [0, 0.1) is 5.82 Å². The van der Waals surface area contributed by atoms with Gasteiger partial charge in [0.25, 0.3) is 5.91 Å². The molecular formula is C25H29ClF4N2O3. The molecule has 192 valence electrons. The summed E-state index contributed by atoms with van der Waals surface area (Å²) in [5.41, 5.74) is 7.03. The molecule has 0 spiro atoms. The zero-order valence-electron chi connectivity index (χ0n) is 19.6. The number of likely N-dealkylation sites (tertiary alicyclic amines) is 1. The van der Waals surface area contributed by atoms with Gasteiger partial charge in [0.15, 0.2) is 0 Å². The molecule has 35 heavy (non-hydrogen) atoms. The van der Waals surface area contributed by atoms with Gasteiger partial charge in [-0.05, 0) is 67.0 Å². The number of piperidine rings is 1. The van der Waals surface area contributed by atoms with Gasteiger partial charge >= 0.3 is 6.36 Å². The first kappa shape index (κ1) is 27.1. The lowest BCUT2D eigenvalue weighted by atomic mass is 9.97. The Morgan fingerprint density at radius 3 is 2.26 bits per heavy atom. The minimum absolute atomic E-state index is 0.0804. The Labute approximate surface area is 207 Å². The molecule has 0 aromatic heterocycles. The number of ether oxygens (including phenoxy) is 2. The first-order valence-corrected chi connectivity index (χ1v) is 12.0. The molecule has 2 aliphatic rings. The van der Waals surface area contributed by atoms with E-state index in [4.69, 9.17) is 22.1 Å². The lowest BCUT2D eigenvalue weighted by Gasteiger charge is -2.32. The van der Waals surface area contributed by atoms with Crippen LogP contribution in [0.5, 0.6) is 11.5 Å². The van der Waals surface area contributed by atoms with Gasteiger partial charge in [-0.15, -0.1) is 13.2 Å². The number of carbonyl (C=O) groups excluding carboxylic acids is 1. The van der Waals surface area contributed by atoms with Crippen LogP contribution >= 0.6 is 11.6 Å². The lowest BCUT2D eigenvalue weighted by Crippen LogP contribution is -2.38. The number of alkyl halides is 3. The molecule has 0 atom stereocenters. The fourth-order valence-corrected chi connectivity index (χ4v) is 4.36. The summed E-state index contributed by atoms with van der Waals surface area (Å²) in [5, 5.41) is 0.0817. The Kier molecular flexibility index (Phi) is 8.88. The van der Waals surface area contributed by atoms with Crippen LogP contribution in [0.2, 0.25) is 5.02 Å². The second kappa shape index (κ2) is 11.5. The van der Waals surface area contributed by atoms with Crippen molar-refractivity contribution >= 4 is 17.5 Å². The molecule has 4 rings (SSSR count). The molecule has 1 saturated carbocycles. The van der Waals surface area contributed by atoms with Crippen LogP contribution in [0.3, 0.4) is 0 Å². The van der Waals surface area contributed by atoms with E-state index in [-0.39, 0.29) is 22.4 Å². The molecule has 0 unspecified atom stereocenters. The first-order valence-electron chi connectivity index (χ1n) is 11.6. The largest absolute Gasteiger partial charge is 0.573 e. The van der Waals surface area contributed by atoms with Gasteiger partial charge in [-0.2, -0.15) is 0 Å². The maximum Gasteiger partial charge on any atom is 0.573 e. The Hall–Kier alpha value is -2.52. The van der Waals surface area contributed by atoms with E-state index in [1.807, 2.05) is 13.8 Å². The highest BCUT2D eigenvalue weighted by atomic mass is 35.5. The molecule has 1 heterocycles. The number of halogens is 5. The number of carbonyl (C=O) groups is 1. The fourth-order valence-electron chi connectivity index (χ4n) is 4.15. The van der Waals surface area contributed by atoms with E-state index in [0.717, 1.165) is 36.1 Å². The maximum absolute atomic E-state index is 14.4. The van der Waals surface area contributed by atoms with Crippen molar-refractivity contribution in [2.45, 2.75) is 64.5 Å². The summed E-state index contributed by atoms with van der Waals surface area (Å²) in [5.74, 6) is -1.28. The van der Waals surface area contributed by atoms with E-state index in [9.17, 15) is 22.4 Å². The lowest BCUT2D eigenvalue weighted by molar-refractivity contribution is -0.274. The zero-order valence-corrected chi connectivity index (χ0v) is 20.4. The molecule has 2 N–H and O–H groups in total. The molecule has 5 nitrogen and oxygen atoms in total. The third-order valence-corrected chi connectivity index (χ3v) is 6.04. The van der Waals surface area contributed by atoms with E-state index in [1.165, 1.54) is 12.1 Å². The van der Waals surface area contributed by atoms with E-state index in [1.54, 1.807) is 6.07 Å². The van der Waals surface area contributed by atoms with Crippen molar-refractivity contribution < 1.29 is 31.8 Å². The summed E-state index contributed by atoms with van der Waals surface area (Å²) in [4.78, 5) is 13.7. The minimum Gasteiger partial charge on any atom is -0.490 e. The Morgan fingerprint density at radius 1 is 1.06 bits per heavy atom. The third-order valence-electron chi connectivity index (χ3n) is 5.82. The molecular weight excluding hydrogens is 488 g/mol. The Balaban J connectivity index is 0.00000167. The predicted molar refractivity (Wildman–Crippen MR) is 125 cm³/mol. The van der Waals surface area contributed by atoms with E-state index in [2.05, 4.69) is 9.64 Å². The molecule has 10 heteroatoms. The third kappa shape index (κ3) is 7.73. The standard InChI is InChI=1S/C23H23ClF4N2O3.C2H6/c24-15-8-17(10-18(9-15)33-23(26,27)28)32-16-3-5-30(6-4-16)12-14-7-21(25)20(22(29)31)11-19(14)13-1-2-13;1-2/h7-11,13,16H,1-6,12H2,(H2,29,31);1-2H3. The highest BCUT2D eigenvalue weighted by Crippen LogP contribution is 2.43. The van der Waals surface area contributed by atoms with Crippen LogP contribution in [0.25, 0.3) is 0 Å². The van der Waals surface area contributed by atoms with Crippen LogP contribution in [0.1, 0.15) is 66.9 Å². The molecule has 1 aliphatic heterocycles.